The number of methoxy groups -OCH3 is 1. The fourth-order valence-electron chi connectivity index (χ4n) is 1.65. The first-order valence-electron chi connectivity index (χ1n) is 4.88. The van der Waals surface area contributed by atoms with Gasteiger partial charge in [-0.1, -0.05) is 6.07 Å². The summed E-state index contributed by atoms with van der Waals surface area (Å²) in [5, 5.41) is 10.2. The van der Waals surface area contributed by atoms with Crippen LogP contribution < -0.4 is 5.46 Å². The van der Waals surface area contributed by atoms with Crippen LogP contribution in [0, 0.1) is 4.71 Å². The van der Waals surface area contributed by atoms with Gasteiger partial charge in [-0.3, -0.25) is 0 Å². The summed E-state index contributed by atoms with van der Waals surface area (Å²) in [6.07, 6.45) is 0. The van der Waals surface area contributed by atoms with Gasteiger partial charge in [-0.2, -0.15) is 0 Å². The van der Waals surface area contributed by atoms with Crippen LogP contribution in [-0.4, -0.2) is 26.0 Å². The minimum absolute atomic E-state index is 0.00916. The van der Waals surface area contributed by atoms with Gasteiger partial charge < -0.3 is 14.3 Å². The molecule has 0 radical (unpaired) electrons. The Hall–Kier alpha value is -1.82. The van der Waals surface area contributed by atoms with Gasteiger partial charge in [0.15, 0.2) is 4.71 Å². The summed E-state index contributed by atoms with van der Waals surface area (Å²) in [7, 11) is 3.07. The normalized spacial score (nSPS) is 10.4. The van der Waals surface area contributed by atoms with E-state index in [1.165, 1.54) is 19.2 Å². The van der Waals surface area contributed by atoms with Gasteiger partial charge in [-0.25, -0.2) is 4.79 Å². The molecule has 0 aliphatic rings. The van der Waals surface area contributed by atoms with Gasteiger partial charge in [0.2, 0.25) is 0 Å². The fourth-order valence-corrected chi connectivity index (χ4v) is 1.85. The molecule has 0 bridgehead atoms. The van der Waals surface area contributed by atoms with Crippen molar-refractivity contribution in [1.29, 1.82) is 0 Å². The minimum atomic E-state index is -0.461. The molecule has 1 aromatic heterocycles. The molecular formula is C11H9BO4S. The van der Waals surface area contributed by atoms with E-state index in [2.05, 4.69) is 4.74 Å². The van der Waals surface area contributed by atoms with E-state index in [1.807, 2.05) is 0 Å². The molecule has 1 heterocycles. The van der Waals surface area contributed by atoms with Crippen molar-refractivity contribution in [1.82, 2.24) is 0 Å². The topological polar surface area (TPSA) is 59.7 Å². The Balaban J connectivity index is 2.82. The van der Waals surface area contributed by atoms with Crippen molar-refractivity contribution in [3.8, 4) is 5.75 Å². The summed E-state index contributed by atoms with van der Waals surface area (Å²) in [6.45, 7) is 0. The fraction of sp³-hybridized carbons (Fsp3) is 0.0909. The minimum Gasteiger partial charge on any atom is -0.507 e. The molecule has 2 aromatic rings. The van der Waals surface area contributed by atoms with E-state index in [0.717, 1.165) is 0 Å². The van der Waals surface area contributed by atoms with E-state index in [4.69, 9.17) is 16.6 Å². The largest absolute Gasteiger partial charge is 0.507 e. The second-order valence-electron chi connectivity index (χ2n) is 3.61. The number of hydrogen-bond donors (Lipinski definition) is 1. The highest BCUT2D eigenvalue weighted by atomic mass is 32.1. The quantitative estimate of drug-likeness (QED) is 0.462. The Morgan fingerprint density at radius 3 is 2.82 bits per heavy atom. The van der Waals surface area contributed by atoms with Crippen LogP contribution in [0.15, 0.2) is 22.6 Å². The van der Waals surface area contributed by atoms with Crippen molar-refractivity contribution in [3.05, 3.63) is 28.5 Å². The van der Waals surface area contributed by atoms with Gasteiger partial charge in [0.05, 0.1) is 18.1 Å². The van der Waals surface area contributed by atoms with Crippen LogP contribution in [0.2, 0.25) is 0 Å². The average molecular weight is 248 g/mol. The van der Waals surface area contributed by atoms with E-state index in [-0.39, 0.29) is 10.5 Å². The number of carbonyl (C=O) groups is 1. The first-order chi connectivity index (χ1) is 8.02. The molecule has 2 rings (SSSR count). The van der Waals surface area contributed by atoms with Crippen molar-refractivity contribution in [2.75, 3.05) is 7.11 Å². The maximum atomic E-state index is 11.4. The summed E-state index contributed by atoms with van der Waals surface area (Å²) in [4.78, 5) is 11.4. The Bertz CT molecular complexity index is 662. The SMILES string of the molecule is Bc1cc(C(=O)OC)cc2c(O)cc(=S)oc12. The molecule has 0 amide bonds. The average Bonchev–Trinajstić information content (AvgIpc) is 2.29. The molecule has 0 fully saturated rings. The van der Waals surface area contributed by atoms with Crippen LogP contribution in [0.4, 0.5) is 0 Å². The smallest absolute Gasteiger partial charge is 0.337 e. The lowest BCUT2D eigenvalue weighted by Gasteiger charge is -2.06. The molecule has 0 aliphatic heterocycles. The number of esters is 1. The number of hydrogen-bond acceptors (Lipinski definition) is 5. The lowest BCUT2D eigenvalue weighted by atomic mass is 9.91. The summed E-state index contributed by atoms with van der Waals surface area (Å²) in [6, 6.07) is 4.48. The third-order valence-corrected chi connectivity index (χ3v) is 2.63. The van der Waals surface area contributed by atoms with E-state index < -0.39 is 5.97 Å². The second kappa shape index (κ2) is 4.22. The Kier molecular flexibility index (Phi) is 2.89. The van der Waals surface area contributed by atoms with Crippen molar-refractivity contribution in [2.24, 2.45) is 0 Å². The number of rotatable bonds is 1. The van der Waals surface area contributed by atoms with Gasteiger partial charge in [-0.05, 0) is 23.7 Å². The third kappa shape index (κ3) is 2.03. The first kappa shape index (κ1) is 11.7. The molecule has 0 aliphatic carbocycles. The number of ether oxygens (including phenoxy) is 1. The van der Waals surface area contributed by atoms with Crippen LogP contribution in [0.1, 0.15) is 10.4 Å². The van der Waals surface area contributed by atoms with Gasteiger partial charge >= 0.3 is 5.97 Å². The van der Waals surface area contributed by atoms with Crippen LogP contribution in [-0.2, 0) is 4.74 Å². The molecule has 0 spiro atoms. The molecule has 1 aromatic carbocycles. The molecule has 0 atom stereocenters. The maximum absolute atomic E-state index is 11.4. The molecule has 86 valence electrons. The summed E-state index contributed by atoms with van der Waals surface area (Å²) >= 11 is 4.88. The van der Waals surface area contributed by atoms with E-state index in [9.17, 15) is 9.90 Å². The second-order valence-corrected chi connectivity index (χ2v) is 4.01. The Morgan fingerprint density at radius 2 is 2.18 bits per heavy atom. The monoisotopic (exact) mass is 248 g/mol. The highest BCUT2D eigenvalue weighted by Gasteiger charge is 2.12. The highest BCUT2D eigenvalue weighted by molar-refractivity contribution is 7.71. The van der Waals surface area contributed by atoms with Crippen LogP contribution in [0.3, 0.4) is 0 Å². The Morgan fingerprint density at radius 1 is 1.47 bits per heavy atom. The predicted molar refractivity (Wildman–Crippen MR) is 68.2 cm³/mol. The maximum Gasteiger partial charge on any atom is 0.337 e. The van der Waals surface area contributed by atoms with E-state index in [0.29, 0.717) is 22.0 Å². The molecule has 0 saturated carbocycles. The highest BCUT2D eigenvalue weighted by Crippen LogP contribution is 2.25. The van der Waals surface area contributed by atoms with Crippen LogP contribution in [0.5, 0.6) is 5.75 Å². The zero-order valence-electron chi connectivity index (χ0n) is 9.31. The van der Waals surface area contributed by atoms with Crippen LogP contribution >= 0.6 is 12.2 Å². The molecule has 0 unspecified atom stereocenters. The lowest BCUT2D eigenvalue weighted by Crippen LogP contribution is -2.10. The third-order valence-electron chi connectivity index (χ3n) is 2.43. The van der Waals surface area contributed by atoms with Crippen molar-refractivity contribution in [3.63, 3.8) is 0 Å². The molecule has 0 saturated heterocycles. The summed E-state index contributed by atoms with van der Waals surface area (Å²) < 4.78 is 10.2. The van der Waals surface area contributed by atoms with E-state index >= 15 is 0 Å². The first-order valence-corrected chi connectivity index (χ1v) is 5.29. The lowest BCUT2D eigenvalue weighted by molar-refractivity contribution is 0.0601. The predicted octanol–water partition coefficient (Wildman–Crippen LogP) is 0.913. The van der Waals surface area contributed by atoms with Gasteiger partial charge in [0.1, 0.15) is 19.2 Å². The molecule has 1 N–H and O–H groups in total. The zero-order chi connectivity index (χ0) is 12.6. The molecule has 6 heteroatoms. The molecular weight excluding hydrogens is 239 g/mol. The molecule has 17 heavy (non-hydrogen) atoms. The van der Waals surface area contributed by atoms with E-state index in [1.54, 1.807) is 13.9 Å². The van der Waals surface area contributed by atoms with Gasteiger partial charge in [0, 0.05) is 6.07 Å². The van der Waals surface area contributed by atoms with Gasteiger partial charge in [0.25, 0.3) is 0 Å². The number of carbonyl (C=O) groups excluding carboxylic acids is 1. The van der Waals surface area contributed by atoms with Crippen molar-refractivity contribution < 1.29 is 19.1 Å². The van der Waals surface area contributed by atoms with Gasteiger partial charge in [-0.15, -0.1) is 0 Å². The van der Waals surface area contributed by atoms with Crippen LogP contribution in [0.25, 0.3) is 11.0 Å². The number of aromatic hydroxyl groups is 1. The molecule has 4 nitrogen and oxygen atoms in total. The zero-order valence-corrected chi connectivity index (χ0v) is 10.1. The van der Waals surface area contributed by atoms with Crippen molar-refractivity contribution in [2.45, 2.75) is 0 Å². The summed E-state index contributed by atoms with van der Waals surface area (Å²) in [5.74, 6) is -0.470. The number of benzene rings is 1. The Labute approximate surface area is 103 Å². The number of fused-ring (bicyclic) bond motifs is 1. The standard InChI is InChI=1S/C11H9BO4S/c1-15-11(14)5-2-6-8(13)4-9(17)16-10(6)7(12)3-5/h2-4,13H,12H2,1H3. The summed E-state index contributed by atoms with van der Waals surface area (Å²) in [5.41, 5.74) is 1.55. The van der Waals surface area contributed by atoms with Crippen molar-refractivity contribution >= 4 is 42.5 Å².